The monoisotopic (exact) mass is 546 g/mol. The van der Waals surface area contributed by atoms with Crippen molar-refractivity contribution in [1.29, 1.82) is 0 Å². The van der Waals surface area contributed by atoms with Crippen molar-refractivity contribution in [3.63, 3.8) is 0 Å². The van der Waals surface area contributed by atoms with Crippen LogP contribution >= 0.6 is 0 Å². The molecular weight excluding hydrogens is 504 g/mol. The fourth-order valence-corrected chi connectivity index (χ4v) is 4.25. The van der Waals surface area contributed by atoms with Crippen LogP contribution in [0.15, 0.2) is 24.3 Å². The summed E-state index contributed by atoms with van der Waals surface area (Å²) in [4.78, 5) is 65.3. The maximum Gasteiger partial charge on any atom is 0.408 e. The Morgan fingerprint density at radius 1 is 1.13 bits per heavy atom. The van der Waals surface area contributed by atoms with Crippen molar-refractivity contribution in [3.05, 3.63) is 35.4 Å². The zero-order valence-electron chi connectivity index (χ0n) is 23.6. The molecule has 11 heteroatoms. The minimum Gasteiger partial charge on any atom is -0.466 e. The second kappa shape index (κ2) is 14.5. The van der Waals surface area contributed by atoms with Crippen molar-refractivity contribution >= 4 is 29.8 Å². The van der Waals surface area contributed by atoms with Gasteiger partial charge in [-0.15, -0.1) is 0 Å². The number of ether oxygens (including phenoxy) is 2. The molecule has 0 aromatic heterocycles. The van der Waals surface area contributed by atoms with Gasteiger partial charge in [-0.2, -0.15) is 0 Å². The molecule has 2 unspecified atom stereocenters. The Hall–Kier alpha value is -3.63. The molecule has 4 amide bonds. The van der Waals surface area contributed by atoms with Crippen LogP contribution in [0.25, 0.3) is 0 Å². The number of esters is 1. The summed E-state index contributed by atoms with van der Waals surface area (Å²) in [6, 6.07) is 4.85. The van der Waals surface area contributed by atoms with Gasteiger partial charge in [0.05, 0.1) is 13.0 Å². The van der Waals surface area contributed by atoms with Gasteiger partial charge in [0.1, 0.15) is 17.7 Å². The fraction of sp³-hybridized carbons (Fsp3) is 0.607. The first kappa shape index (κ1) is 31.6. The Morgan fingerprint density at radius 3 is 2.36 bits per heavy atom. The van der Waals surface area contributed by atoms with Gasteiger partial charge in [-0.25, -0.2) is 4.79 Å². The zero-order chi connectivity index (χ0) is 29.2. The summed E-state index contributed by atoms with van der Waals surface area (Å²) in [6.07, 6.45) is 1.21. The van der Waals surface area contributed by atoms with E-state index in [2.05, 4.69) is 10.6 Å². The number of hydrogen-bond donors (Lipinski definition) is 3. The molecule has 216 valence electrons. The fourth-order valence-electron chi connectivity index (χ4n) is 4.25. The van der Waals surface area contributed by atoms with Crippen molar-refractivity contribution in [2.45, 2.75) is 96.9 Å². The molecule has 0 heterocycles. The van der Waals surface area contributed by atoms with Crippen molar-refractivity contribution in [3.8, 4) is 0 Å². The second-order valence-electron chi connectivity index (χ2n) is 10.7. The summed E-state index contributed by atoms with van der Waals surface area (Å²) in [6.45, 7) is 8.94. The van der Waals surface area contributed by atoms with Crippen LogP contribution in [-0.4, -0.2) is 65.5 Å². The average molecular weight is 547 g/mol. The number of nitrogens with two attached hydrogens (primary N) is 1. The third-order valence-electron chi connectivity index (χ3n) is 6.21. The number of carbonyl (C=O) groups is 5. The molecule has 4 N–H and O–H groups in total. The topological polar surface area (TPSA) is 157 Å². The van der Waals surface area contributed by atoms with E-state index in [0.29, 0.717) is 18.4 Å². The number of nitrogens with one attached hydrogen (secondary N) is 2. The van der Waals surface area contributed by atoms with Crippen molar-refractivity contribution in [2.75, 3.05) is 13.2 Å². The molecule has 0 spiro atoms. The maximum atomic E-state index is 14.1. The molecular formula is C28H42N4O7. The van der Waals surface area contributed by atoms with Gasteiger partial charge in [-0.05, 0) is 65.9 Å². The SMILES string of the molecule is CCOC(=O)CCNC(=O)C(c1cccc(C)c1)N(C(=O)C(CCC(N)=O)NC(=O)OC(C)(C)C)C1CCC1. The molecule has 1 aromatic carbocycles. The van der Waals surface area contributed by atoms with Crippen molar-refractivity contribution < 1.29 is 33.4 Å². The van der Waals surface area contributed by atoms with E-state index in [9.17, 15) is 24.0 Å². The molecule has 39 heavy (non-hydrogen) atoms. The minimum absolute atomic E-state index is 0.0150. The lowest BCUT2D eigenvalue weighted by Crippen LogP contribution is -2.57. The van der Waals surface area contributed by atoms with E-state index in [1.54, 1.807) is 39.8 Å². The van der Waals surface area contributed by atoms with E-state index in [4.69, 9.17) is 15.2 Å². The lowest BCUT2D eigenvalue weighted by atomic mass is 9.87. The summed E-state index contributed by atoms with van der Waals surface area (Å²) >= 11 is 0. The van der Waals surface area contributed by atoms with Gasteiger partial charge < -0.3 is 30.7 Å². The highest BCUT2D eigenvalue weighted by Crippen LogP contribution is 2.34. The Bertz CT molecular complexity index is 1030. The van der Waals surface area contributed by atoms with E-state index in [0.717, 1.165) is 12.0 Å². The molecule has 11 nitrogen and oxygen atoms in total. The molecule has 2 rings (SSSR count). The molecule has 1 aliphatic carbocycles. The lowest BCUT2D eigenvalue weighted by Gasteiger charge is -2.43. The number of amides is 4. The highest BCUT2D eigenvalue weighted by molar-refractivity contribution is 5.93. The predicted octanol–water partition coefficient (Wildman–Crippen LogP) is 2.65. The van der Waals surface area contributed by atoms with Gasteiger partial charge in [0.25, 0.3) is 0 Å². The summed E-state index contributed by atoms with van der Waals surface area (Å²) in [5.41, 5.74) is 6.04. The van der Waals surface area contributed by atoms with Crippen LogP contribution in [0.5, 0.6) is 0 Å². The number of primary amides is 1. The van der Waals surface area contributed by atoms with E-state index >= 15 is 0 Å². The van der Waals surface area contributed by atoms with Crippen LogP contribution in [0.4, 0.5) is 4.79 Å². The number of rotatable bonds is 13. The van der Waals surface area contributed by atoms with Gasteiger partial charge >= 0.3 is 12.1 Å². The molecule has 1 aliphatic rings. The van der Waals surface area contributed by atoms with Crippen LogP contribution in [-0.2, 0) is 28.7 Å². The second-order valence-corrected chi connectivity index (χ2v) is 10.7. The van der Waals surface area contributed by atoms with E-state index in [1.807, 2.05) is 19.1 Å². The molecule has 2 atom stereocenters. The number of alkyl carbamates (subject to hydrolysis) is 1. The molecule has 0 radical (unpaired) electrons. The molecule has 1 fully saturated rings. The summed E-state index contributed by atoms with van der Waals surface area (Å²) in [5, 5.41) is 5.36. The standard InChI is InChI=1S/C28H42N4O7/c1-6-38-23(34)15-16-30-25(35)24(19-10-7-9-18(2)17-19)32(20-11-8-12-20)26(36)21(13-14-22(29)33)31-27(37)39-28(3,4)5/h7,9-10,17,20-21,24H,6,8,11-16H2,1-5H3,(H2,29,33)(H,30,35)(H,31,37). The largest absolute Gasteiger partial charge is 0.466 e. The third kappa shape index (κ3) is 10.2. The van der Waals surface area contributed by atoms with Crippen LogP contribution in [0, 0.1) is 6.92 Å². The first-order valence-electron chi connectivity index (χ1n) is 13.4. The first-order valence-corrected chi connectivity index (χ1v) is 13.4. The van der Waals surface area contributed by atoms with Crippen molar-refractivity contribution in [1.82, 2.24) is 15.5 Å². The summed E-state index contributed by atoms with van der Waals surface area (Å²) in [5.74, 6) is -2.04. The van der Waals surface area contributed by atoms with Gasteiger partial charge in [0.15, 0.2) is 0 Å². The molecule has 1 aromatic rings. The zero-order valence-corrected chi connectivity index (χ0v) is 23.6. The number of aryl methyl sites for hydroxylation is 1. The van der Waals surface area contributed by atoms with Gasteiger partial charge in [-0.1, -0.05) is 29.8 Å². The van der Waals surface area contributed by atoms with Crippen molar-refractivity contribution in [2.24, 2.45) is 5.73 Å². The molecule has 0 bridgehead atoms. The van der Waals surface area contributed by atoms with Crippen LogP contribution in [0.1, 0.15) is 83.4 Å². The summed E-state index contributed by atoms with van der Waals surface area (Å²) < 4.78 is 10.3. The Balaban J connectivity index is 2.42. The van der Waals surface area contributed by atoms with Crippen LogP contribution in [0.3, 0.4) is 0 Å². The van der Waals surface area contributed by atoms with E-state index < -0.39 is 47.5 Å². The first-order chi connectivity index (χ1) is 18.3. The number of carbonyl (C=O) groups excluding carboxylic acids is 5. The number of benzene rings is 1. The lowest BCUT2D eigenvalue weighted by molar-refractivity contribution is -0.148. The van der Waals surface area contributed by atoms with Gasteiger partial charge in [0.2, 0.25) is 17.7 Å². The van der Waals surface area contributed by atoms with Gasteiger partial charge in [-0.3, -0.25) is 19.2 Å². The predicted molar refractivity (Wildman–Crippen MR) is 144 cm³/mol. The Kier molecular flexibility index (Phi) is 11.7. The highest BCUT2D eigenvalue weighted by Gasteiger charge is 2.42. The Labute approximate surface area is 230 Å². The smallest absolute Gasteiger partial charge is 0.408 e. The molecule has 0 aliphatic heterocycles. The van der Waals surface area contributed by atoms with E-state index in [-0.39, 0.29) is 38.5 Å². The molecule has 1 saturated carbocycles. The van der Waals surface area contributed by atoms with Crippen LogP contribution < -0.4 is 16.4 Å². The highest BCUT2D eigenvalue weighted by atomic mass is 16.6. The normalized spacial score (nSPS) is 14.8. The summed E-state index contributed by atoms with van der Waals surface area (Å²) in [7, 11) is 0. The Morgan fingerprint density at radius 2 is 1.82 bits per heavy atom. The number of hydrogen-bond acceptors (Lipinski definition) is 7. The van der Waals surface area contributed by atoms with E-state index in [1.165, 1.54) is 4.90 Å². The van der Waals surface area contributed by atoms with Gasteiger partial charge in [0, 0.05) is 19.0 Å². The van der Waals surface area contributed by atoms with Crippen LogP contribution in [0.2, 0.25) is 0 Å². The quantitative estimate of drug-likeness (QED) is 0.321. The molecule has 0 saturated heterocycles. The maximum absolute atomic E-state index is 14.1. The average Bonchev–Trinajstić information content (AvgIpc) is 2.78. The minimum atomic E-state index is -1.15. The third-order valence-corrected chi connectivity index (χ3v) is 6.21. The number of nitrogens with zero attached hydrogens (tertiary/aromatic N) is 1.